The predicted molar refractivity (Wildman–Crippen MR) is 139 cm³/mol. The first-order valence-electron chi connectivity index (χ1n) is 11.3. The summed E-state index contributed by atoms with van der Waals surface area (Å²) in [6, 6.07) is 25.5. The Morgan fingerprint density at radius 1 is 0.848 bits per heavy atom. The van der Waals surface area contributed by atoms with Crippen LogP contribution < -0.4 is 4.40 Å². The maximum atomic E-state index is 6.55. The molecule has 0 saturated carbocycles. The van der Waals surface area contributed by atoms with Gasteiger partial charge in [0.25, 0.3) is 0 Å². The van der Waals surface area contributed by atoms with E-state index < -0.39 is 13.3 Å². The van der Waals surface area contributed by atoms with Crippen molar-refractivity contribution in [2.24, 2.45) is 0 Å². The summed E-state index contributed by atoms with van der Waals surface area (Å²) in [5.74, 6) is 8.10. The van der Waals surface area contributed by atoms with Gasteiger partial charge in [0.05, 0.1) is 0 Å². The molecule has 0 saturated heterocycles. The van der Waals surface area contributed by atoms with Crippen LogP contribution in [0.3, 0.4) is 0 Å². The van der Waals surface area contributed by atoms with E-state index in [1.807, 2.05) is 25.3 Å². The normalized spacial score (nSPS) is 12.2. The van der Waals surface area contributed by atoms with Crippen LogP contribution in [0.15, 0.2) is 83.4 Å². The second-order valence-electron chi connectivity index (χ2n) is 9.62. The number of aromatic nitrogens is 3. The Balaban J connectivity index is 1.69. The van der Waals surface area contributed by atoms with Crippen molar-refractivity contribution in [2.75, 3.05) is 0 Å². The second-order valence-corrected chi connectivity index (χ2v) is 20.3. The minimum atomic E-state index is -1.97. The Morgan fingerprint density at radius 2 is 1.67 bits per heavy atom. The van der Waals surface area contributed by atoms with Crippen LogP contribution in [0.2, 0.25) is 17.3 Å². The Bertz CT molecular complexity index is 1660. The molecule has 3 aromatic heterocycles. The van der Waals surface area contributed by atoms with Crippen LogP contribution in [0.5, 0.6) is 0 Å². The predicted octanol–water partition coefficient (Wildman–Crippen LogP) is 6.84. The van der Waals surface area contributed by atoms with Gasteiger partial charge in [0.2, 0.25) is 0 Å². The van der Waals surface area contributed by atoms with E-state index in [2.05, 4.69) is 87.5 Å². The Labute approximate surface area is 195 Å². The first-order chi connectivity index (χ1) is 15.9. The van der Waals surface area contributed by atoms with E-state index >= 15 is 0 Å². The summed E-state index contributed by atoms with van der Waals surface area (Å²) < 4.78 is 10.2. The Morgan fingerprint density at radius 3 is 2.45 bits per heavy atom. The fourth-order valence-electron chi connectivity index (χ4n) is 4.63. The molecule has 4 nitrogen and oxygen atoms in total. The van der Waals surface area contributed by atoms with Crippen LogP contribution in [-0.2, 0) is 0 Å². The van der Waals surface area contributed by atoms with Gasteiger partial charge in [-0.1, -0.05) is 0 Å². The van der Waals surface area contributed by atoms with Gasteiger partial charge in [0.1, 0.15) is 0 Å². The van der Waals surface area contributed by atoms with Gasteiger partial charge >= 0.3 is 196 Å². The second kappa shape index (κ2) is 7.32. The molecule has 0 fully saturated rings. The first-order valence-corrected chi connectivity index (χ1v) is 18.6. The van der Waals surface area contributed by atoms with Crippen molar-refractivity contribution in [3.8, 4) is 17.1 Å². The maximum absolute atomic E-state index is 6.55. The molecule has 0 radical (unpaired) electrons. The van der Waals surface area contributed by atoms with E-state index in [0.717, 1.165) is 55.7 Å². The van der Waals surface area contributed by atoms with Gasteiger partial charge in [-0.05, 0) is 0 Å². The number of benzene rings is 3. The van der Waals surface area contributed by atoms with Gasteiger partial charge in [0.15, 0.2) is 0 Å². The topological polar surface area (TPSA) is 43.9 Å². The molecule has 33 heavy (non-hydrogen) atoms. The van der Waals surface area contributed by atoms with Crippen molar-refractivity contribution in [2.45, 2.75) is 24.2 Å². The molecule has 0 aliphatic carbocycles. The molecule has 162 valence electrons. The molecule has 0 spiro atoms. The number of furan rings is 1. The summed E-state index contributed by atoms with van der Waals surface area (Å²) in [6.45, 7) is 2.04. The van der Waals surface area contributed by atoms with E-state index in [0.29, 0.717) is 0 Å². The van der Waals surface area contributed by atoms with Crippen LogP contribution in [0.25, 0.3) is 50.0 Å². The molecule has 6 aromatic rings. The number of fused-ring (bicyclic) bond motifs is 4. The molecule has 0 bridgehead atoms. The van der Waals surface area contributed by atoms with Crippen molar-refractivity contribution in [3.05, 3.63) is 84.7 Å². The molecule has 6 rings (SSSR count). The quantitative estimate of drug-likeness (QED) is 0.254. The van der Waals surface area contributed by atoms with Gasteiger partial charge < -0.3 is 0 Å². The molecule has 0 atom stereocenters. The van der Waals surface area contributed by atoms with E-state index in [9.17, 15) is 0 Å². The van der Waals surface area contributed by atoms with E-state index in [1.165, 1.54) is 4.40 Å². The standard InChI is InChI=1S/C28H25GeN3O/c1-18-26-24(15-16-30-18)31-28(32(26)20-9-6-5-7-10-20)23-12-8-11-22-21-14-13-19(29(2,3)4)17-25(21)33-27(22)23/h5-17H,1-4H3. The monoisotopic (exact) mass is 493 g/mol. The molecule has 3 heterocycles. The van der Waals surface area contributed by atoms with Gasteiger partial charge in [0, 0.05) is 0 Å². The van der Waals surface area contributed by atoms with Crippen molar-refractivity contribution in [1.82, 2.24) is 14.5 Å². The zero-order valence-corrected chi connectivity index (χ0v) is 21.4. The number of pyridine rings is 1. The number of nitrogens with zero attached hydrogens (tertiary/aromatic N) is 3. The van der Waals surface area contributed by atoms with Crippen LogP contribution in [0.1, 0.15) is 5.69 Å². The SMILES string of the molecule is Cc1nccc2nc(-c3cccc4c3oc3c[c]([Ge]([CH3])([CH3])[CH3])ccc34)n(-c3ccccc3)c12. The molecule has 0 unspecified atom stereocenters. The Kier molecular flexibility index (Phi) is 4.49. The third-order valence-electron chi connectivity index (χ3n) is 6.37. The zero-order valence-electron chi connectivity index (χ0n) is 19.3. The summed E-state index contributed by atoms with van der Waals surface area (Å²) >= 11 is -1.97. The zero-order chi connectivity index (χ0) is 22.7. The third-order valence-corrected chi connectivity index (χ3v) is 10.7. The Hall–Kier alpha value is -3.38. The molecule has 0 aliphatic rings. The summed E-state index contributed by atoms with van der Waals surface area (Å²) in [5, 5.41) is 2.28. The average molecular weight is 492 g/mol. The minimum absolute atomic E-state index is 0.866. The van der Waals surface area contributed by atoms with Gasteiger partial charge in [-0.15, -0.1) is 0 Å². The fourth-order valence-corrected chi connectivity index (χ4v) is 7.04. The van der Waals surface area contributed by atoms with E-state index in [4.69, 9.17) is 9.40 Å². The molecule has 3 aromatic carbocycles. The number of hydrogen-bond acceptors (Lipinski definition) is 3. The molecule has 0 N–H and O–H groups in total. The summed E-state index contributed by atoms with van der Waals surface area (Å²) in [4.78, 5) is 9.62. The molecular formula is C28H25GeN3O. The summed E-state index contributed by atoms with van der Waals surface area (Å²) in [5.41, 5.74) is 6.78. The molecule has 5 heteroatoms. The van der Waals surface area contributed by atoms with Crippen molar-refractivity contribution in [3.63, 3.8) is 0 Å². The number of aryl methyl sites for hydroxylation is 1. The average Bonchev–Trinajstić information content (AvgIpc) is 3.38. The summed E-state index contributed by atoms with van der Waals surface area (Å²) in [7, 11) is 0. The number of hydrogen-bond donors (Lipinski definition) is 0. The van der Waals surface area contributed by atoms with Crippen LogP contribution in [-0.4, -0.2) is 27.8 Å². The van der Waals surface area contributed by atoms with E-state index in [1.54, 1.807) is 0 Å². The number of imidazole rings is 1. The molecule has 0 aliphatic heterocycles. The van der Waals surface area contributed by atoms with Crippen LogP contribution >= 0.6 is 0 Å². The van der Waals surface area contributed by atoms with Crippen molar-refractivity contribution in [1.29, 1.82) is 0 Å². The number of para-hydroxylation sites is 2. The third kappa shape index (κ3) is 3.20. The molecular weight excluding hydrogens is 467 g/mol. The van der Waals surface area contributed by atoms with E-state index in [-0.39, 0.29) is 0 Å². The van der Waals surface area contributed by atoms with Gasteiger partial charge in [-0.2, -0.15) is 0 Å². The summed E-state index contributed by atoms with van der Waals surface area (Å²) in [6.07, 6.45) is 1.82. The number of rotatable bonds is 3. The van der Waals surface area contributed by atoms with Crippen LogP contribution in [0.4, 0.5) is 0 Å². The fraction of sp³-hybridized carbons (Fsp3) is 0.143. The first kappa shape index (κ1) is 20.2. The van der Waals surface area contributed by atoms with Crippen molar-refractivity contribution >= 4 is 50.6 Å². The van der Waals surface area contributed by atoms with Gasteiger partial charge in [-0.25, -0.2) is 0 Å². The molecule has 0 amide bonds. The van der Waals surface area contributed by atoms with Crippen molar-refractivity contribution < 1.29 is 4.42 Å². The van der Waals surface area contributed by atoms with Crippen LogP contribution in [0, 0.1) is 6.92 Å². The van der Waals surface area contributed by atoms with Gasteiger partial charge in [-0.3, -0.25) is 0 Å².